The van der Waals surface area contributed by atoms with E-state index >= 15 is 0 Å². The molecule has 1 nitrogen and oxygen atoms in total. The quantitative estimate of drug-likeness (QED) is 0.310. The molecule has 0 aliphatic heterocycles. The standard InChI is InChI=1S/C21H37N.4ClH/c1-4-5-6-7-8-9-10-11-12-15-18-21(3,22)20-17-14-13-16-19(20)2;;;;/h13-14,16-17H,4-12,15,18,22H2,1-3H3;4*1H/p-3. The molecule has 0 fully saturated rings. The molecule has 0 aliphatic rings. The van der Waals surface area contributed by atoms with Crippen LogP contribution in [0.4, 0.5) is 0 Å². The molecule has 1 rings (SSSR count). The summed E-state index contributed by atoms with van der Waals surface area (Å²) in [7, 11) is 0. The maximum Gasteiger partial charge on any atom is 0.117 e. The number of aryl methyl sites for hydroxylation is 1. The fourth-order valence-electron chi connectivity index (χ4n) is 3.39. The highest BCUT2D eigenvalue weighted by Crippen LogP contribution is 2.25. The van der Waals surface area contributed by atoms with Gasteiger partial charge in [0.1, 0.15) is 5.54 Å². The minimum Gasteiger partial charge on any atom is -1.00 e. The predicted molar refractivity (Wildman–Crippen MR) is 97.9 cm³/mol. The van der Waals surface area contributed by atoms with E-state index < -0.39 is 0 Å². The summed E-state index contributed by atoms with van der Waals surface area (Å²) in [4.78, 5) is 0. The normalized spacial score (nSPS) is 11.8. The molecule has 0 amide bonds. The van der Waals surface area contributed by atoms with Gasteiger partial charge in [-0.1, -0.05) is 89.0 Å². The zero-order chi connectivity index (χ0) is 16.3. The third kappa shape index (κ3) is 14.4. The van der Waals surface area contributed by atoms with Gasteiger partial charge in [-0.3, -0.25) is 0 Å². The maximum absolute atomic E-state index is 4.48. The molecule has 1 aromatic rings. The summed E-state index contributed by atoms with van der Waals surface area (Å²) < 4.78 is 0. The summed E-state index contributed by atoms with van der Waals surface area (Å²) in [5.41, 5.74) is 7.36. The smallest absolute Gasteiger partial charge is 0.117 e. The Balaban J connectivity index is -0.000000605. The van der Waals surface area contributed by atoms with Gasteiger partial charge in [0.05, 0.1) is 0 Å². The van der Waals surface area contributed by atoms with Gasteiger partial charge in [-0.2, -0.15) is 0 Å². The number of benzene rings is 1. The number of hydrogen-bond donors (Lipinski definition) is 1. The maximum atomic E-state index is 4.48. The van der Waals surface area contributed by atoms with Crippen molar-refractivity contribution in [1.82, 2.24) is 0 Å². The van der Waals surface area contributed by atoms with E-state index in [1.54, 1.807) is 0 Å². The van der Waals surface area contributed by atoms with Crippen LogP contribution in [0.5, 0.6) is 0 Å². The molecule has 0 heterocycles. The molecule has 0 radical (unpaired) electrons. The second-order valence-electron chi connectivity index (χ2n) is 7.31. The Bertz CT molecular complexity index is 411. The van der Waals surface area contributed by atoms with E-state index in [1.165, 1.54) is 81.8 Å². The third-order valence-electron chi connectivity index (χ3n) is 4.88. The van der Waals surface area contributed by atoms with Crippen LogP contribution in [0, 0.1) is 6.92 Å². The van der Waals surface area contributed by atoms with Crippen LogP contribution in [0.25, 0.3) is 0 Å². The van der Waals surface area contributed by atoms with Gasteiger partial charge >= 0.3 is 0 Å². The van der Waals surface area contributed by atoms with E-state index in [-0.39, 0.29) is 55.2 Å². The van der Waals surface area contributed by atoms with Gasteiger partial charge in [0.25, 0.3) is 0 Å². The molecule has 1 atom stereocenters. The predicted octanol–water partition coefficient (Wildman–Crippen LogP) is -6.22. The van der Waals surface area contributed by atoms with Crippen molar-refractivity contribution in [2.45, 2.75) is 96.9 Å². The van der Waals surface area contributed by atoms with Crippen molar-refractivity contribution in [3.63, 3.8) is 0 Å². The summed E-state index contributed by atoms with van der Waals surface area (Å²) in [6.07, 6.45) is 15.2. The largest absolute Gasteiger partial charge is 1.00 e. The first-order chi connectivity index (χ1) is 10.6. The lowest BCUT2D eigenvalue weighted by molar-refractivity contribution is -0.484. The molecular formula is C21H38Cl4N-3. The van der Waals surface area contributed by atoms with Crippen molar-refractivity contribution in [3.05, 3.63) is 35.4 Å². The van der Waals surface area contributed by atoms with Crippen molar-refractivity contribution in [2.75, 3.05) is 0 Å². The van der Waals surface area contributed by atoms with Crippen LogP contribution in [-0.2, 0) is 5.54 Å². The molecule has 0 bridgehead atoms. The highest BCUT2D eigenvalue weighted by atomic mass is 35.5. The summed E-state index contributed by atoms with van der Waals surface area (Å²) >= 11 is 0. The fraction of sp³-hybridized carbons (Fsp3) is 0.714. The molecule has 1 aromatic carbocycles. The number of unbranched alkanes of at least 4 members (excludes halogenated alkanes) is 9. The third-order valence-corrected chi connectivity index (χ3v) is 4.88. The summed E-state index contributed by atoms with van der Waals surface area (Å²) in [6, 6.07) is 8.72. The van der Waals surface area contributed by atoms with Gasteiger partial charge in [-0.15, -0.1) is 0 Å². The Kier molecular flexibility index (Phi) is 26.2. The molecule has 0 aliphatic carbocycles. The summed E-state index contributed by atoms with van der Waals surface area (Å²) in [5, 5.41) is 0. The molecular weight excluding hydrogens is 408 g/mol. The van der Waals surface area contributed by atoms with E-state index in [1.807, 2.05) is 0 Å². The van der Waals surface area contributed by atoms with Crippen LogP contribution in [-0.4, -0.2) is 0 Å². The van der Waals surface area contributed by atoms with E-state index in [0.29, 0.717) is 0 Å². The lowest BCUT2D eigenvalue weighted by atomic mass is 9.85. The first-order valence-corrected chi connectivity index (χ1v) is 9.49. The van der Waals surface area contributed by atoms with Crippen LogP contribution in [0.2, 0.25) is 0 Å². The van der Waals surface area contributed by atoms with E-state index in [4.69, 9.17) is 0 Å². The van der Waals surface area contributed by atoms with E-state index in [0.717, 1.165) is 0 Å². The molecule has 5 heteroatoms. The Labute approximate surface area is 187 Å². The van der Waals surface area contributed by atoms with Crippen LogP contribution in [0.15, 0.2) is 24.3 Å². The molecule has 0 saturated heterocycles. The Morgan fingerprint density at radius 1 is 0.731 bits per heavy atom. The zero-order valence-corrected chi connectivity index (χ0v) is 19.8. The second-order valence-corrected chi connectivity index (χ2v) is 7.31. The summed E-state index contributed by atoms with van der Waals surface area (Å²) in [5.74, 6) is 0. The first-order valence-electron chi connectivity index (χ1n) is 9.49. The van der Waals surface area contributed by atoms with Gasteiger partial charge in [-0.05, 0) is 25.8 Å². The van der Waals surface area contributed by atoms with E-state index in [9.17, 15) is 0 Å². The number of quaternary nitrogens is 1. The van der Waals surface area contributed by atoms with Crippen LogP contribution < -0.4 is 55.4 Å². The number of hydrogen-bond acceptors (Lipinski definition) is 0. The van der Waals surface area contributed by atoms with Gasteiger partial charge in [-0.25, -0.2) is 0 Å². The Morgan fingerprint density at radius 3 is 1.62 bits per heavy atom. The summed E-state index contributed by atoms with van der Waals surface area (Å²) in [6.45, 7) is 6.79. The molecule has 0 saturated carbocycles. The topological polar surface area (TPSA) is 27.6 Å². The highest BCUT2D eigenvalue weighted by Gasteiger charge is 2.26. The number of halogens is 4. The highest BCUT2D eigenvalue weighted by molar-refractivity contribution is 5.30. The van der Waals surface area contributed by atoms with Crippen LogP contribution >= 0.6 is 0 Å². The average molecular weight is 446 g/mol. The molecule has 26 heavy (non-hydrogen) atoms. The van der Waals surface area contributed by atoms with Crippen molar-refractivity contribution in [2.24, 2.45) is 0 Å². The second kappa shape index (κ2) is 20.1. The minimum atomic E-state index is 0. The zero-order valence-electron chi connectivity index (χ0n) is 16.8. The first kappa shape index (κ1) is 33.9. The number of rotatable bonds is 12. The molecule has 158 valence electrons. The fourth-order valence-corrected chi connectivity index (χ4v) is 3.39. The van der Waals surface area contributed by atoms with Crippen LogP contribution in [0.3, 0.4) is 0 Å². The van der Waals surface area contributed by atoms with Crippen molar-refractivity contribution >= 4 is 0 Å². The van der Waals surface area contributed by atoms with Gasteiger partial charge < -0.3 is 55.4 Å². The molecule has 1 unspecified atom stereocenters. The molecule has 0 aromatic heterocycles. The van der Waals surface area contributed by atoms with Gasteiger partial charge in [0.15, 0.2) is 0 Å². The Hall–Kier alpha value is 0.340. The lowest BCUT2D eigenvalue weighted by Crippen LogP contribution is -3.00. The average Bonchev–Trinajstić information content (AvgIpc) is 2.49. The minimum absolute atomic E-state index is 0. The van der Waals surface area contributed by atoms with Crippen molar-refractivity contribution in [3.8, 4) is 0 Å². The molecule has 3 N–H and O–H groups in total. The van der Waals surface area contributed by atoms with Gasteiger partial charge in [0.2, 0.25) is 0 Å². The molecule has 0 spiro atoms. The monoisotopic (exact) mass is 444 g/mol. The van der Waals surface area contributed by atoms with Crippen molar-refractivity contribution < 1.29 is 55.4 Å². The van der Waals surface area contributed by atoms with E-state index in [2.05, 4.69) is 50.8 Å². The van der Waals surface area contributed by atoms with Crippen molar-refractivity contribution in [1.29, 1.82) is 0 Å². The van der Waals surface area contributed by atoms with Crippen LogP contribution in [0.1, 0.15) is 95.6 Å². The lowest BCUT2D eigenvalue weighted by Gasteiger charge is -2.23. The van der Waals surface area contributed by atoms with Gasteiger partial charge in [0, 0.05) is 12.0 Å². The SMILES string of the molecule is CCCCCCCCCCCCC(C)([NH3+])c1ccccc1C.[Cl-].[Cl-].[Cl-].[Cl-]. The Morgan fingerprint density at radius 2 is 1.15 bits per heavy atom.